The smallest absolute Gasteiger partial charge is 0.0208 e. The molecule has 1 saturated carbocycles. The van der Waals surface area contributed by atoms with Gasteiger partial charge in [-0.3, -0.25) is 0 Å². The Balaban J connectivity index is 1.77. The van der Waals surface area contributed by atoms with Crippen molar-refractivity contribution >= 4 is 11.8 Å². The van der Waals surface area contributed by atoms with Crippen molar-refractivity contribution in [2.45, 2.75) is 57.4 Å². The van der Waals surface area contributed by atoms with Crippen molar-refractivity contribution in [2.24, 2.45) is 5.92 Å². The lowest BCUT2D eigenvalue weighted by Crippen LogP contribution is -2.26. The van der Waals surface area contributed by atoms with Gasteiger partial charge >= 0.3 is 0 Å². The van der Waals surface area contributed by atoms with Gasteiger partial charge in [0.15, 0.2) is 0 Å². The van der Waals surface area contributed by atoms with Crippen molar-refractivity contribution in [1.82, 2.24) is 5.32 Å². The summed E-state index contributed by atoms with van der Waals surface area (Å²) in [7, 11) is 0. The third-order valence-corrected chi connectivity index (χ3v) is 5.07. The Morgan fingerprint density at radius 1 is 1.16 bits per heavy atom. The largest absolute Gasteiger partial charge is 0.310 e. The van der Waals surface area contributed by atoms with Crippen LogP contribution in [-0.4, -0.2) is 17.5 Å². The molecule has 1 aliphatic carbocycles. The lowest BCUT2D eigenvalue weighted by atomic mass is 10.0. The Morgan fingerprint density at radius 3 is 2.42 bits per heavy atom. The summed E-state index contributed by atoms with van der Waals surface area (Å²) in [6.45, 7) is 5.57. The zero-order valence-electron chi connectivity index (χ0n) is 12.5. The molecule has 1 aromatic carbocycles. The number of hydrogen-bond acceptors (Lipinski definition) is 2. The van der Waals surface area contributed by atoms with Gasteiger partial charge in [0, 0.05) is 17.8 Å². The van der Waals surface area contributed by atoms with E-state index in [1.54, 1.807) is 0 Å². The van der Waals surface area contributed by atoms with Gasteiger partial charge in [-0.15, -0.1) is 0 Å². The molecule has 0 bridgehead atoms. The molecule has 1 aromatic rings. The second-order valence-corrected chi connectivity index (χ2v) is 7.30. The van der Waals surface area contributed by atoms with Crippen LogP contribution in [0.25, 0.3) is 0 Å². The molecule has 2 unspecified atom stereocenters. The summed E-state index contributed by atoms with van der Waals surface area (Å²) in [5, 5.41) is 4.59. The van der Waals surface area contributed by atoms with E-state index in [-0.39, 0.29) is 0 Å². The highest BCUT2D eigenvalue weighted by Crippen LogP contribution is 2.28. The standard InChI is InChI=1S/C17H27NS/c1-13(2)10-14-4-6-15(7-5-14)12-18-16-8-9-17(11-16)19-3/h4-7,13,16-18H,8-12H2,1-3H3. The average molecular weight is 277 g/mol. The summed E-state index contributed by atoms with van der Waals surface area (Å²) < 4.78 is 0. The quantitative estimate of drug-likeness (QED) is 0.834. The Bertz CT molecular complexity index is 371. The van der Waals surface area contributed by atoms with Crippen molar-refractivity contribution < 1.29 is 0 Å². The lowest BCUT2D eigenvalue weighted by molar-refractivity contribution is 0.525. The van der Waals surface area contributed by atoms with Gasteiger partial charge in [0.25, 0.3) is 0 Å². The van der Waals surface area contributed by atoms with Crippen LogP contribution in [0.4, 0.5) is 0 Å². The number of rotatable bonds is 6. The molecule has 2 rings (SSSR count). The van der Waals surface area contributed by atoms with E-state index in [1.807, 2.05) is 11.8 Å². The van der Waals surface area contributed by atoms with Crippen LogP contribution in [-0.2, 0) is 13.0 Å². The van der Waals surface area contributed by atoms with E-state index in [2.05, 4.69) is 49.7 Å². The second kappa shape index (κ2) is 7.35. The molecule has 0 radical (unpaired) electrons. The van der Waals surface area contributed by atoms with Crippen molar-refractivity contribution in [3.8, 4) is 0 Å². The van der Waals surface area contributed by atoms with Gasteiger partial charge < -0.3 is 5.32 Å². The summed E-state index contributed by atoms with van der Waals surface area (Å²) in [5.41, 5.74) is 2.88. The molecule has 2 atom stereocenters. The molecule has 2 heteroatoms. The second-order valence-electron chi connectivity index (χ2n) is 6.16. The SMILES string of the molecule is CSC1CCC(NCc2ccc(CC(C)C)cc2)C1. The molecule has 0 aromatic heterocycles. The van der Waals surface area contributed by atoms with Gasteiger partial charge in [0.1, 0.15) is 0 Å². The Hall–Kier alpha value is -0.470. The first-order chi connectivity index (χ1) is 9.17. The van der Waals surface area contributed by atoms with Crippen LogP contribution in [0.15, 0.2) is 24.3 Å². The Morgan fingerprint density at radius 2 is 1.84 bits per heavy atom. The van der Waals surface area contributed by atoms with E-state index in [4.69, 9.17) is 0 Å². The third-order valence-electron chi connectivity index (χ3n) is 3.98. The van der Waals surface area contributed by atoms with Gasteiger partial charge in [0.05, 0.1) is 0 Å². The molecule has 1 fully saturated rings. The summed E-state index contributed by atoms with van der Waals surface area (Å²) in [5.74, 6) is 0.742. The molecule has 0 heterocycles. The molecule has 0 amide bonds. The van der Waals surface area contributed by atoms with Crippen molar-refractivity contribution in [2.75, 3.05) is 6.26 Å². The summed E-state index contributed by atoms with van der Waals surface area (Å²) in [4.78, 5) is 0. The van der Waals surface area contributed by atoms with E-state index in [0.717, 1.165) is 23.8 Å². The topological polar surface area (TPSA) is 12.0 Å². The molecule has 1 nitrogen and oxygen atoms in total. The minimum Gasteiger partial charge on any atom is -0.310 e. The van der Waals surface area contributed by atoms with E-state index in [1.165, 1.54) is 36.8 Å². The predicted molar refractivity (Wildman–Crippen MR) is 86.8 cm³/mol. The van der Waals surface area contributed by atoms with Crippen LogP contribution in [0, 0.1) is 5.92 Å². The van der Waals surface area contributed by atoms with Gasteiger partial charge in [-0.25, -0.2) is 0 Å². The van der Waals surface area contributed by atoms with Crippen molar-refractivity contribution in [3.05, 3.63) is 35.4 Å². The van der Waals surface area contributed by atoms with E-state index in [0.29, 0.717) is 0 Å². The highest BCUT2D eigenvalue weighted by molar-refractivity contribution is 7.99. The zero-order chi connectivity index (χ0) is 13.7. The van der Waals surface area contributed by atoms with E-state index in [9.17, 15) is 0 Å². The number of hydrogen-bond donors (Lipinski definition) is 1. The Kier molecular flexibility index (Phi) is 5.77. The lowest BCUT2D eigenvalue weighted by Gasteiger charge is -2.13. The minimum atomic E-state index is 0.729. The molecule has 19 heavy (non-hydrogen) atoms. The predicted octanol–water partition coefficient (Wildman–Crippen LogP) is 4.26. The first-order valence-corrected chi connectivity index (χ1v) is 8.80. The molecule has 0 saturated heterocycles. The first-order valence-electron chi connectivity index (χ1n) is 7.51. The van der Waals surface area contributed by atoms with Crippen LogP contribution in [0.1, 0.15) is 44.2 Å². The van der Waals surface area contributed by atoms with Crippen LogP contribution < -0.4 is 5.32 Å². The maximum atomic E-state index is 3.71. The van der Waals surface area contributed by atoms with Crippen molar-refractivity contribution in [1.29, 1.82) is 0 Å². The summed E-state index contributed by atoms with van der Waals surface area (Å²) in [6.07, 6.45) is 7.49. The summed E-state index contributed by atoms with van der Waals surface area (Å²) >= 11 is 2.03. The van der Waals surface area contributed by atoms with Crippen LogP contribution in [0.2, 0.25) is 0 Å². The summed E-state index contributed by atoms with van der Waals surface area (Å²) in [6, 6.07) is 9.87. The fourth-order valence-electron chi connectivity index (χ4n) is 2.87. The highest BCUT2D eigenvalue weighted by Gasteiger charge is 2.23. The number of thioether (sulfide) groups is 1. The maximum absolute atomic E-state index is 3.71. The fraction of sp³-hybridized carbons (Fsp3) is 0.647. The molecule has 0 spiro atoms. The monoisotopic (exact) mass is 277 g/mol. The Labute approximate surface area is 122 Å². The highest BCUT2D eigenvalue weighted by atomic mass is 32.2. The first kappa shape index (κ1) is 14.9. The van der Waals surface area contributed by atoms with Gasteiger partial charge in [-0.1, -0.05) is 38.1 Å². The van der Waals surface area contributed by atoms with Gasteiger partial charge in [0.2, 0.25) is 0 Å². The molecule has 106 valence electrons. The van der Waals surface area contributed by atoms with Crippen LogP contribution in [0.5, 0.6) is 0 Å². The van der Waals surface area contributed by atoms with Gasteiger partial charge in [-0.2, -0.15) is 11.8 Å². The van der Waals surface area contributed by atoms with Crippen LogP contribution in [0.3, 0.4) is 0 Å². The van der Waals surface area contributed by atoms with Gasteiger partial charge in [-0.05, 0) is 49.0 Å². The zero-order valence-corrected chi connectivity index (χ0v) is 13.3. The molecule has 1 N–H and O–H groups in total. The molecule has 1 aliphatic rings. The van der Waals surface area contributed by atoms with Crippen molar-refractivity contribution in [3.63, 3.8) is 0 Å². The normalized spacial score (nSPS) is 23.2. The van der Waals surface area contributed by atoms with E-state index >= 15 is 0 Å². The number of nitrogens with one attached hydrogen (secondary N) is 1. The average Bonchev–Trinajstić information content (AvgIpc) is 2.85. The molecule has 0 aliphatic heterocycles. The molecular formula is C17H27NS. The third kappa shape index (κ3) is 4.85. The maximum Gasteiger partial charge on any atom is 0.0208 e. The van der Waals surface area contributed by atoms with Crippen LogP contribution >= 0.6 is 11.8 Å². The van der Waals surface area contributed by atoms with E-state index < -0.39 is 0 Å². The molecular weight excluding hydrogens is 250 g/mol. The minimum absolute atomic E-state index is 0.729. The number of benzene rings is 1. The fourth-order valence-corrected chi connectivity index (χ4v) is 3.66.